The van der Waals surface area contributed by atoms with Crippen molar-refractivity contribution < 1.29 is 14.3 Å². The average Bonchev–Trinajstić information content (AvgIpc) is 3.31. The first-order valence-corrected chi connectivity index (χ1v) is 8.29. The van der Waals surface area contributed by atoms with E-state index in [1.807, 2.05) is 17.5 Å². The highest BCUT2D eigenvalue weighted by atomic mass is 32.1. The molecular weight excluding hydrogens is 326 g/mol. The molecule has 1 amide bonds. The van der Waals surface area contributed by atoms with Crippen LogP contribution >= 0.6 is 11.3 Å². The molecule has 0 bridgehead atoms. The van der Waals surface area contributed by atoms with Crippen molar-refractivity contribution in [1.82, 2.24) is 4.90 Å². The minimum Gasteiger partial charge on any atom is -0.497 e. The first-order chi connectivity index (χ1) is 11.8. The highest BCUT2D eigenvalue weighted by Gasteiger charge is 2.21. The summed E-state index contributed by atoms with van der Waals surface area (Å²) in [6, 6.07) is 11.1. The van der Waals surface area contributed by atoms with E-state index in [0.29, 0.717) is 18.8 Å². The quantitative estimate of drug-likeness (QED) is 0.773. The molecule has 0 unspecified atom stereocenters. The lowest BCUT2D eigenvalue weighted by Crippen LogP contribution is -2.34. The van der Waals surface area contributed by atoms with Gasteiger partial charge in [0.05, 0.1) is 25.6 Å². The molecule has 2 aromatic rings. The topological polar surface area (TPSA) is 63.5 Å². The summed E-state index contributed by atoms with van der Waals surface area (Å²) in [6.45, 7) is 0.869. The number of nitrogens with zero attached hydrogens (tertiary/aromatic N) is 3. The van der Waals surface area contributed by atoms with Gasteiger partial charge < -0.3 is 14.4 Å². The summed E-state index contributed by atoms with van der Waals surface area (Å²) in [5, 5.41) is 9.76. The zero-order valence-electron chi connectivity index (χ0n) is 13.2. The number of carbonyl (C=O) groups excluding carboxylic acids is 1. The second-order valence-corrected chi connectivity index (χ2v) is 6.09. The lowest BCUT2D eigenvalue weighted by molar-refractivity contribution is -0.131. The number of hydrogen-bond acceptors (Lipinski definition) is 6. The number of ether oxygens (including phenoxy) is 2. The molecule has 0 atom stereocenters. The smallest absolute Gasteiger partial charge is 0.265 e. The Kier molecular flexibility index (Phi) is 5.22. The van der Waals surface area contributed by atoms with Crippen LogP contribution in [0.25, 0.3) is 0 Å². The summed E-state index contributed by atoms with van der Waals surface area (Å²) in [5.74, 6) is 1.24. The van der Waals surface area contributed by atoms with E-state index < -0.39 is 0 Å². The Balaban J connectivity index is 1.64. The van der Waals surface area contributed by atoms with Crippen LogP contribution in [-0.2, 0) is 11.3 Å². The lowest BCUT2D eigenvalue weighted by atomic mass is 10.3. The fraction of sp³-hybridized carbons (Fsp3) is 0.235. The molecule has 0 radical (unpaired) electrons. The number of methoxy groups -OCH3 is 1. The molecule has 2 heterocycles. The fourth-order valence-corrected chi connectivity index (χ4v) is 2.91. The van der Waals surface area contributed by atoms with Gasteiger partial charge in [-0.3, -0.25) is 4.79 Å². The van der Waals surface area contributed by atoms with Crippen molar-refractivity contribution in [3.8, 4) is 11.5 Å². The Morgan fingerprint density at radius 2 is 2.04 bits per heavy atom. The molecule has 6 nitrogen and oxygen atoms in total. The van der Waals surface area contributed by atoms with Crippen LogP contribution in [-0.4, -0.2) is 31.1 Å². The van der Waals surface area contributed by atoms with E-state index in [4.69, 9.17) is 9.47 Å². The third-order valence-corrected chi connectivity index (χ3v) is 4.35. The van der Waals surface area contributed by atoms with Crippen LogP contribution in [0.2, 0.25) is 0 Å². The maximum atomic E-state index is 12.6. The van der Waals surface area contributed by atoms with Gasteiger partial charge in [0.1, 0.15) is 18.0 Å². The van der Waals surface area contributed by atoms with Gasteiger partial charge >= 0.3 is 0 Å². The molecule has 1 aliphatic rings. The van der Waals surface area contributed by atoms with E-state index >= 15 is 0 Å². The first-order valence-electron chi connectivity index (χ1n) is 7.41. The molecular formula is C17H17N3O3S. The van der Waals surface area contributed by atoms with E-state index in [9.17, 15) is 4.79 Å². The van der Waals surface area contributed by atoms with Crippen molar-refractivity contribution in [2.45, 2.75) is 6.54 Å². The van der Waals surface area contributed by atoms with E-state index in [1.165, 1.54) is 0 Å². The molecule has 1 aromatic heterocycles. The van der Waals surface area contributed by atoms with Crippen LogP contribution in [0.5, 0.6) is 11.5 Å². The number of amides is 1. The summed E-state index contributed by atoms with van der Waals surface area (Å²) in [6.07, 6.45) is 1.62. The fourth-order valence-electron chi connectivity index (χ4n) is 2.22. The van der Waals surface area contributed by atoms with Crippen LogP contribution in [0.15, 0.2) is 63.9 Å². The summed E-state index contributed by atoms with van der Waals surface area (Å²) >= 11 is 1.61. The number of benzene rings is 1. The Labute approximate surface area is 144 Å². The van der Waals surface area contributed by atoms with Crippen LogP contribution in [0, 0.1) is 0 Å². The number of hydrogen-bond donors (Lipinski definition) is 0. The van der Waals surface area contributed by atoms with Crippen LogP contribution < -0.4 is 9.47 Å². The molecule has 0 saturated heterocycles. The van der Waals surface area contributed by atoms with Crippen LogP contribution in [0.1, 0.15) is 4.88 Å². The van der Waals surface area contributed by atoms with E-state index in [0.717, 1.165) is 16.3 Å². The van der Waals surface area contributed by atoms with Crippen molar-refractivity contribution in [1.29, 1.82) is 0 Å². The van der Waals surface area contributed by atoms with Gasteiger partial charge in [0.2, 0.25) is 0 Å². The normalized spacial score (nSPS) is 12.8. The number of rotatable bonds is 7. The van der Waals surface area contributed by atoms with Gasteiger partial charge in [-0.05, 0) is 35.7 Å². The van der Waals surface area contributed by atoms with E-state index in [1.54, 1.807) is 53.8 Å². The minimum absolute atomic E-state index is 0.0466. The van der Waals surface area contributed by atoms with Gasteiger partial charge in [0.25, 0.3) is 5.91 Å². The van der Waals surface area contributed by atoms with Gasteiger partial charge in [-0.15, -0.1) is 11.3 Å². The molecule has 0 aliphatic carbocycles. The molecule has 0 spiro atoms. The molecule has 24 heavy (non-hydrogen) atoms. The van der Waals surface area contributed by atoms with Gasteiger partial charge in [0.15, 0.2) is 6.61 Å². The molecule has 124 valence electrons. The van der Waals surface area contributed by atoms with Crippen molar-refractivity contribution >= 4 is 17.2 Å². The maximum absolute atomic E-state index is 12.6. The zero-order chi connectivity index (χ0) is 16.8. The summed E-state index contributed by atoms with van der Waals surface area (Å²) in [5.41, 5.74) is 0.784. The third kappa shape index (κ3) is 3.99. The molecule has 1 aliphatic heterocycles. The van der Waals surface area contributed by atoms with E-state index in [2.05, 4.69) is 10.2 Å². The molecule has 3 rings (SSSR count). The molecule has 7 heteroatoms. The zero-order valence-corrected chi connectivity index (χ0v) is 14.0. The highest BCUT2D eigenvalue weighted by Crippen LogP contribution is 2.20. The summed E-state index contributed by atoms with van der Waals surface area (Å²) < 4.78 is 10.7. The molecule has 0 saturated carbocycles. The second kappa shape index (κ2) is 7.74. The van der Waals surface area contributed by atoms with Gasteiger partial charge in [-0.1, -0.05) is 6.07 Å². The third-order valence-electron chi connectivity index (χ3n) is 3.48. The van der Waals surface area contributed by atoms with Crippen LogP contribution in [0.3, 0.4) is 0 Å². The Morgan fingerprint density at radius 1 is 1.25 bits per heavy atom. The number of carbonyl (C=O) groups is 1. The minimum atomic E-state index is -0.127. The largest absolute Gasteiger partial charge is 0.497 e. The van der Waals surface area contributed by atoms with Crippen molar-refractivity contribution in [3.05, 3.63) is 58.6 Å². The predicted octanol–water partition coefficient (Wildman–Crippen LogP) is 3.47. The maximum Gasteiger partial charge on any atom is 0.265 e. The summed E-state index contributed by atoms with van der Waals surface area (Å²) in [7, 11) is 1.60. The van der Waals surface area contributed by atoms with E-state index in [-0.39, 0.29) is 12.5 Å². The van der Waals surface area contributed by atoms with Crippen molar-refractivity contribution in [2.75, 3.05) is 20.3 Å². The second-order valence-electron chi connectivity index (χ2n) is 5.06. The summed E-state index contributed by atoms with van der Waals surface area (Å²) in [4.78, 5) is 15.4. The highest BCUT2D eigenvalue weighted by molar-refractivity contribution is 7.09. The standard InChI is InChI=1S/C17H17N3O3S/c1-22-14-4-6-15(7-5-14)23-12-17(21)20(13-9-18-19-10-13)11-16-3-2-8-24-16/h2-9H,10-12H2,1H3. The Hall–Kier alpha value is -2.67. The Bertz CT molecular complexity index is 739. The number of thiophene rings is 1. The SMILES string of the molecule is COc1ccc(OCC(=O)N(Cc2cccs2)C2=CN=NC2)cc1. The molecule has 1 aromatic carbocycles. The van der Waals surface area contributed by atoms with Gasteiger partial charge in [0, 0.05) is 4.88 Å². The Morgan fingerprint density at radius 3 is 2.67 bits per heavy atom. The monoisotopic (exact) mass is 343 g/mol. The van der Waals surface area contributed by atoms with Gasteiger partial charge in [-0.25, -0.2) is 0 Å². The van der Waals surface area contributed by atoms with Crippen molar-refractivity contribution in [2.24, 2.45) is 10.2 Å². The predicted molar refractivity (Wildman–Crippen MR) is 91.2 cm³/mol. The van der Waals surface area contributed by atoms with Gasteiger partial charge in [-0.2, -0.15) is 10.2 Å². The lowest BCUT2D eigenvalue weighted by Gasteiger charge is -2.22. The first kappa shape index (κ1) is 16.2. The molecule has 0 fully saturated rings. The number of azo groups is 1. The van der Waals surface area contributed by atoms with Crippen molar-refractivity contribution in [3.63, 3.8) is 0 Å². The molecule has 0 N–H and O–H groups in total. The van der Waals surface area contributed by atoms with Crippen LogP contribution in [0.4, 0.5) is 0 Å². The average molecular weight is 343 g/mol.